The van der Waals surface area contributed by atoms with Gasteiger partial charge in [0, 0.05) is 24.8 Å². The summed E-state index contributed by atoms with van der Waals surface area (Å²) in [5.74, 6) is -0.335. The molecule has 2 aromatic rings. The van der Waals surface area contributed by atoms with Gasteiger partial charge < -0.3 is 21.1 Å². The van der Waals surface area contributed by atoms with Crippen LogP contribution in [-0.2, 0) is 0 Å². The number of nitrogens with one attached hydrogen (secondary N) is 3. The summed E-state index contributed by atoms with van der Waals surface area (Å²) in [5, 5.41) is 18.8. The number of carboxylic acids is 1. The Morgan fingerprint density at radius 1 is 1.03 bits per heavy atom. The normalized spacial score (nSPS) is 19.2. The molecule has 0 amide bonds. The van der Waals surface area contributed by atoms with Gasteiger partial charge in [0.1, 0.15) is 5.82 Å². The van der Waals surface area contributed by atoms with E-state index in [4.69, 9.17) is 5.11 Å². The topological polar surface area (TPSA) is 115 Å². The number of hydrogen-bond donors (Lipinski definition) is 4. The fourth-order valence-corrected chi connectivity index (χ4v) is 4.86. The highest BCUT2D eigenvalue weighted by Gasteiger charge is 2.23. The van der Waals surface area contributed by atoms with Crippen LogP contribution in [0, 0.1) is 11.7 Å². The molecule has 1 aliphatic heterocycles. The molecule has 4 rings (SSSR count). The molecule has 34 heavy (non-hydrogen) atoms. The number of benzene rings is 1. The minimum absolute atomic E-state index is 0.268. The van der Waals surface area contributed by atoms with Gasteiger partial charge in [0.2, 0.25) is 17.8 Å². The fourth-order valence-electron chi connectivity index (χ4n) is 4.86. The van der Waals surface area contributed by atoms with Crippen molar-refractivity contribution in [3.8, 4) is 0 Å². The summed E-state index contributed by atoms with van der Waals surface area (Å²) in [6, 6.07) is 4.29. The lowest BCUT2D eigenvalue weighted by Gasteiger charge is -2.23. The minimum Gasteiger partial charge on any atom is -0.478 e. The number of likely N-dealkylation sites (N-methyl/N-ethyl adjacent to an activating group) is 1. The molecule has 0 bridgehead atoms. The summed E-state index contributed by atoms with van der Waals surface area (Å²) in [6.45, 7) is 5.84. The van der Waals surface area contributed by atoms with Crippen molar-refractivity contribution in [1.29, 1.82) is 0 Å². The number of carbonyl (C=O) groups is 1. The second-order valence-electron chi connectivity index (χ2n) is 9.12. The highest BCUT2D eigenvalue weighted by atomic mass is 19.1. The van der Waals surface area contributed by atoms with Crippen LogP contribution in [0.4, 0.5) is 27.9 Å². The second-order valence-corrected chi connectivity index (χ2v) is 9.12. The smallest absolute Gasteiger partial charge is 0.338 e. The maximum Gasteiger partial charge on any atom is 0.338 e. The van der Waals surface area contributed by atoms with Crippen molar-refractivity contribution < 1.29 is 14.3 Å². The molecule has 184 valence electrons. The number of aromatic nitrogens is 3. The van der Waals surface area contributed by atoms with Crippen molar-refractivity contribution in [3.63, 3.8) is 0 Å². The Morgan fingerprint density at radius 3 is 2.41 bits per heavy atom. The molecule has 0 radical (unpaired) electrons. The number of anilines is 4. The monoisotopic (exact) mass is 471 g/mol. The van der Waals surface area contributed by atoms with E-state index in [0.717, 1.165) is 38.7 Å². The zero-order valence-corrected chi connectivity index (χ0v) is 19.7. The van der Waals surface area contributed by atoms with Crippen LogP contribution >= 0.6 is 0 Å². The van der Waals surface area contributed by atoms with E-state index in [1.807, 2.05) is 0 Å². The zero-order chi connectivity index (χ0) is 23.9. The fraction of sp³-hybridized carbons (Fsp3) is 0.583. The first-order valence-electron chi connectivity index (χ1n) is 12.3. The van der Waals surface area contributed by atoms with Gasteiger partial charge in [-0.25, -0.2) is 9.18 Å². The van der Waals surface area contributed by atoms with Crippen molar-refractivity contribution in [2.75, 3.05) is 42.1 Å². The Bertz CT molecular complexity index is 984. The minimum atomic E-state index is -1.31. The Kier molecular flexibility index (Phi) is 8.10. The third-order valence-electron chi connectivity index (χ3n) is 6.77. The SMILES string of the molecule is CCN1CCCC1CNc1nc(NCC2CCCCC2)nc(Nc2ccc(C(=O)O)c(F)c2)n1. The van der Waals surface area contributed by atoms with Crippen LogP contribution < -0.4 is 16.0 Å². The average Bonchev–Trinajstić information content (AvgIpc) is 3.29. The van der Waals surface area contributed by atoms with Crippen molar-refractivity contribution >= 4 is 29.5 Å². The van der Waals surface area contributed by atoms with Crippen LogP contribution in [0.2, 0.25) is 0 Å². The van der Waals surface area contributed by atoms with Crippen LogP contribution in [0.15, 0.2) is 18.2 Å². The molecule has 9 nitrogen and oxygen atoms in total. The molecule has 1 atom stereocenters. The number of rotatable bonds is 10. The Labute approximate surface area is 199 Å². The number of aromatic carboxylic acids is 1. The lowest BCUT2D eigenvalue weighted by atomic mass is 9.89. The second kappa shape index (κ2) is 11.4. The van der Waals surface area contributed by atoms with Crippen molar-refractivity contribution in [1.82, 2.24) is 19.9 Å². The number of halogens is 1. The highest BCUT2D eigenvalue weighted by Crippen LogP contribution is 2.24. The van der Waals surface area contributed by atoms with E-state index in [1.54, 1.807) is 0 Å². The Morgan fingerprint density at radius 2 is 1.74 bits per heavy atom. The summed E-state index contributed by atoms with van der Waals surface area (Å²) in [6.07, 6.45) is 8.57. The predicted octanol–water partition coefficient (Wildman–Crippen LogP) is 4.34. The van der Waals surface area contributed by atoms with Crippen LogP contribution in [-0.4, -0.2) is 63.1 Å². The lowest BCUT2D eigenvalue weighted by molar-refractivity contribution is 0.0692. The third kappa shape index (κ3) is 6.31. The van der Waals surface area contributed by atoms with E-state index in [0.29, 0.717) is 29.5 Å². The molecule has 4 N–H and O–H groups in total. The van der Waals surface area contributed by atoms with Gasteiger partial charge in [-0.2, -0.15) is 15.0 Å². The van der Waals surface area contributed by atoms with E-state index in [9.17, 15) is 9.18 Å². The van der Waals surface area contributed by atoms with Gasteiger partial charge in [-0.05, 0) is 62.9 Å². The number of carboxylic acid groups (broad SMARTS) is 1. The summed E-state index contributed by atoms with van der Waals surface area (Å²) < 4.78 is 14.1. The van der Waals surface area contributed by atoms with Crippen LogP contribution in [0.5, 0.6) is 0 Å². The summed E-state index contributed by atoms with van der Waals surface area (Å²) in [4.78, 5) is 27.1. The molecule has 2 heterocycles. The number of hydrogen-bond acceptors (Lipinski definition) is 8. The summed E-state index contributed by atoms with van der Waals surface area (Å²) >= 11 is 0. The zero-order valence-electron chi connectivity index (χ0n) is 19.7. The van der Waals surface area contributed by atoms with E-state index >= 15 is 0 Å². The first-order valence-corrected chi connectivity index (χ1v) is 12.3. The van der Waals surface area contributed by atoms with Gasteiger partial charge in [-0.15, -0.1) is 0 Å². The number of nitrogens with zero attached hydrogens (tertiary/aromatic N) is 4. The van der Waals surface area contributed by atoms with Gasteiger partial charge in [0.25, 0.3) is 0 Å². The largest absolute Gasteiger partial charge is 0.478 e. The molecule has 1 unspecified atom stereocenters. The maximum absolute atomic E-state index is 14.1. The molecule has 1 aliphatic carbocycles. The quantitative estimate of drug-likeness (QED) is 0.401. The molecule has 1 aromatic heterocycles. The average molecular weight is 472 g/mol. The molecular weight excluding hydrogens is 437 g/mol. The molecule has 10 heteroatoms. The van der Waals surface area contributed by atoms with E-state index < -0.39 is 11.8 Å². The van der Waals surface area contributed by atoms with Crippen molar-refractivity contribution in [2.24, 2.45) is 5.92 Å². The van der Waals surface area contributed by atoms with E-state index in [1.165, 1.54) is 50.7 Å². The van der Waals surface area contributed by atoms with Crippen molar-refractivity contribution in [3.05, 3.63) is 29.6 Å². The molecule has 1 aromatic carbocycles. The van der Waals surface area contributed by atoms with Gasteiger partial charge in [-0.3, -0.25) is 4.90 Å². The lowest BCUT2D eigenvalue weighted by Crippen LogP contribution is -2.35. The molecular formula is C24H34FN7O2. The molecule has 1 saturated carbocycles. The van der Waals surface area contributed by atoms with Crippen LogP contribution in [0.3, 0.4) is 0 Å². The first-order chi connectivity index (χ1) is 16.5. The highest BCUT2D eigenvalue weighted by molar-refractivity contribution is 5.88. The van der Waals surface area contributed by atoms with Gasteiger partial charge >= 0.3 is 5.97 Å². The van der Waals surface area contributed by atoms with Gasteiger partial charge in [-0.1, -0.05) is 26.2 Å². The standard InChI is InChI=1S/C24H34FN7O2/c1-2-32-12-6-9-18(32)15-27-23-29-22(26-14-16-7-4-3-5-8-16)30-24(31-23)28-17-10-11-19(21(33)34)20(25)13-17/h10-11,13,16,18H,2-9,12,14-15H2,1H3,(H,33,34)(H3,26,27,28,29,30,31). The van der Waals surface area contributed by atoms with Crippen LogP contribution in [0.1, 0.15) is 62.2 Å². The van der Waals surface area contributed by atoms with Crippen LogP contribution in [0.25, 0.3) is 0 Å². The molecule has 0 spiro atoms. The van der Waals surface area contributed by atoms with Gasteiger partial charge in [0.05, 0.1) is 5.56 Å². The summed E-state index contributed by atoms with van der Waals surface area (Å²) in [7, 11) is 0. The molecule has 2 aliphatic rings. The van der Waals surface area contributed by atoms with E-state index in [-0.39, 0.29) is 11.5 Å². The summed E-state index contributed by atoms with van der Waals surface area (Å²) in [5.41, 5.74) is -0.0127. The third-order valence-corrected chi connectivity index (χ3v) is 6.77. The van der Waals surface area contributed by atoms with Crippen molar-refractivity contribution in [2.45, 2.75) is 57.9 Å². The predicted molar refractivity (Wildman–Crippen MR) is 130 cm³/mol. The Balaban J connectivity index is 1.49. The molecule has 2 fully saturated rings. The molecule has 1 saturated heterocycles. The number of likely N-dealkylation sites (tertiary alicyclic amines) is 1. The first kappa shape index (κ1) is 24.1. The Hall–Kier alpha value is -3.01. The maximum atomic E-state index is 14.1. The van der Waals surface area contributed by atoms with E-state index in [2.05, 4.69) is 42.7 Å². The van der Waals surface area contributed by atoms with Gasteiger partial charge in [0.15, 0.2) is 0 Å².